The van der Waals surface area contributed by atoms with Gasteiger partial charge in [0.05, 0.1) is 0 Å². The lowest BCUT2D eigenvalue weighted by atomic mass is 9.96. The normalized spacial score (nSPS) is 16.2. The molecule has 0 saturated carbocycles. The molecule has 1 N–H and O–H groups in total. The van der Waals surface area contributed by atoms with E-state index in [1.165, 1.54) is 0 Å². The molecule has 4 aromatic rings. The summed E-state index contributed by atoms with van der Waals surface area (Å²) in [7, 11) is 0. The molecular formula is C27H25N3O3. The molecule has 2 heterocycles. The second kappa shape index (κ2) is 9.00. The molecule has 3 aromatic carbocycles. The highest BCUT2D eigenvalue weighted by atomic mass is 16.4. The SMILES string of the molecule is Cc1c(-c2ccccc2)cccc1-c1nnc(-c2cccc(CN3CCC[C@H]3C(=O)O)c2)o1. The number of nitrogens with zero attached hydrogens (tertiary/aromatic N) is 3. The van der Waals surface area contributed by atoms with Gasteiger partial charge in [0, 0.05) is 17.7 Å². The van der Waals surface area contributed by atoms with Crippen molar-refractivity contribution in [3.8, 4) is 34.0 Å². The predicted octanol–water partition coefficient (Wildman–Crippen LogP) is 5.43. The van der Waals surface area contributed by atoms with E-state index < -0.39 is 12.0 Å². The summed E-state index contributed by atoms with van der Waals surface area (Å²) in [5, 5.41) is 18.1. The van der Waals surface area contributed by atoms with Gasteiger partial charge in [-0.1, -0.05) is 54.6 Å². The van der Waals surface area contributed by atoms with Gasteiger partial charge in [0.15, 0.2) is 0 Å². The van der Waals surface area contributed by atoms with Crippen LogP contribution in [0.5, 0.6) is 0 Å². The van der Waals surface area contributed by atoms with Crippen LogP contribution in [-0.4, -0.2) is 38.8 Å². The van der Waals surface area contributed by atoms with Crippen LogP contribution in [0.3, 0.4) is 0 Å². The third-order valence-corrected chi connectivity index (χ3v) is 6.28. The van der Waals surface area contributed by atoms with Gasteiger partial charge in [-0.15, -0.1) is 10.2 Å². The number of aliphatic carboxylic acids is 1. The maximum Gasteiger partial charge on any atom is 0.320 e. The fraction of sp³-hybridized carbons (Fsp3) is 0.222. The molecule has 1 aromatic heterocycles. The summed E-state index contributed by atoms with van der Waals surface area (Å²) in [5.74, 6) is 0.182. The molecule has 0 unspecified atom stereocenters. The van der Waals surface area contributed by atoms with Gasteiger partial charge in [-0.25, -0.2) is 0 Å². The van der Waals surface area contributed by atoms with E-state index in [1.54, 1.807) is 0 Å². The average Bonchev–Trinajstić information content (AvgIpc) is 3.50. The van der Waals surface area contributed by atoms with Crippen molar-refractivity contribution >= 4 is 5.97 Å². The molecule has 1 atom stereocenters. The van der Waals surface area contributed by atoms with Crippen molar-refractivity contribution in [1.82, 2.24) is 15.1 Å². The zero-order valence-electron chi connectivity index (χ0n) is 18.4. The zero-order valence-corrected chi connectivity index (χ0v) is 18.4. The largest absolute Gasteiger partial charge is 0.480 e. The summed E-state index contributed by atoms with van der Waals surface area (Å²) in [6.07, 6.45) is 1.61. The minimum Gasteiger partial charge on any atom is -0.480 e. The van der Waals surface area contributed by atoms with Gasteiger partial charge in [-0.2, -0.15) is 0 Å². The molecular weight excluding hydrogens is 414 g/mol. The van der Waals surface area contributed by atoms with Crippen molar-refractivity contribution in [2.75, 3.05) is 6.54 Å². The Morgan fingerprint density at radius 1 is 0.970 bits per heavy atom. The molecule has 0 aliphatic carbocycles. The van der Waals surface area contributed by atoms with Gasteiger partial charge in [-0.05, 0) is 66.8 Å². The number of rotatable bonds is 6. The monoisotopic (exact) mass is 439 g/mol. The maximum atomic E-state index is 11.5. The summed E-state index contributed by atoms with van der Waals surface area (Å²) in [4.78, 5) is 13.5. The summed E-state index contributed by atoms with van der Waals surface area (Å²) in [5.41, 5.74) is 6.13. The Bertz CT molecular complexity index is 1280. The Balaban J connectivity index is 1.41. The average molecular weight is 440 g/mol. The van der Waals surface area contributed by atoms with Gasteiger partial charge in [0.25, 0.3) is 0 Å². The summed E-state index contributed by atoms with van der Waals surface area (Å²) in [6.45, 7) is 3.45. The van der Waals surface area contributed by atoms with Gasteiger partial charge in [0.2, 0.25) is 11.8 Å². The van der Waals surface area contributed by atoms with Crippen molar-refractivity contribution in [3.63, 3.8) is 0 Å². The first kappa shape index (κ1) is 21.1. The molecule has 0 bridgehead atoms. The number of carboxylic acids is 1. The van der Waals surface area contributed by atoms with Crippen LogP contribution < -0.4 is 0 Å². The molecule has 6 heteroatoms. The van der Waals surface area contributed by atoms with E-state index in [0.717, 1.165) is 46.3 Å². The number of aromatic nitrogens is 2. The number of carbonyl (C=O) groups is 1. The lowest BCUT2D eigenvalue weighted by molar-refractivity contribution is -0.142. The molecule has 6 nitrogen and oxygen atoms in total. The lowest BCUT2D eigenvalue weighted by Crippen LogP contribution is -2.35. The molecule has 5 rings (SSSR count). The second-order valence-electron chi connectivity index (χ2n) is 8.42. The van der Waals surface area contributed by atoms with E-state index >= 15 is 0 Å². The number of hydrogen-bond acceptors (Lipinski definition) is 5. The second-order valence-corrected chi connectivity index (χ2v) is 8.42. The minimum atomic E-state index is -0.752. The van der Waals surface area contributed by atoms with Crippen molar-refractivity contribution < 1.29 is 14.3 Å². The van der Waals surface area contributed by atoms with E-state index in [9.17, 15) is 9.90 Å². The first-order valence-corrected chi connectivity index (χ1v) is 11.2. The number of benzene rings is 3. The Kier molecular flexibility index (Phi) is 5.75. The summed E-state index contributed by atoms with van der Waals surface area (Å²) >= 11 is 0. The van der Waals surface area contributed by atoms with Crippen LogP contribution in [0.4, 0.5) is 0 Å². The first-order chi connectivity index (χ1) is 16.1. The molecule has 1 fully saturated rings. The first-order valence-electron chi connectivity index (χ1n) is 11.2. The maximum absolute atomic E-state index is 11.5. The Morgan fingerprint density at radius 3 is 2.52 bits per heavy atom. The van der Waals surface area contributed by atoms with Crippen molar-refractivity contribution in [1.29, 1.82) is 0 Å². The topological polar surface area (TPSA) is 79.5 Å². The third kappa shape index (κ3) is 4.30. The van der Waals surface area contributed by atoms with Gasteiger partial charge in [0.1, 0.15) is 6.04 Å². The lowest BCUT2D eigenvalue weighted by Gasteiger charge is -2.21. The van der Waals surface area contributed by atoms with Gasteiger partial charge >= 0.3 is 5.97 Å². The number of likely N-dealkylation sites (tertiary alicyclic amines) is 1. The predicted molar refractivity (Wildman–Crippen MR) is 126 cm³/mol. The summed E-state index contributed by atoms with van der Waals surface area (Å²) in [6, 6.07) is 23.8. The van der Waals surface area contributed by atoms with Gasteiger partial charge < -0.3 is 9.52 Å². The Morgan fingerprint density at radius 2 is 1.70 bits per heavy atom. The molecule has 1 aliphatic heterocycles. The van der Waals surface area contributed by atoms with E-state index in [0.29, 0.717) is 24.7 Å². The van der Waals surface area contributed by atoms with Crippen LogP contribution >= 0.6 is 0 Å². The number of carboxylic acid groups (broad SMARTS) is 1. The van der Waals surface area contributed by atoms with E-state index in [4.69, 9.17) is 4.42 Å². The van der Waals surface area contributed by atoms with Gasteiger partial charge in [-0.3, -0.25) is 9.69 Å². The van der Waals surface area contributed by atoms with E-state index in [-0.39, 0.29) is 0 Å². The highest BCUT2D eigenvalue weighted by Crippen LogP contribution is 2.32. The highest BCUT2D eigenvalue weighted by molar-refractivity contribution is 5.75. The molecule has 0 radical (unpaired) electrons. The van der Waals surface area contributed by atoms with Crippen LogP contribution in [0, 0.1) is 6.92 Å². The standard InChI is InChI=1S/C27H25N3O3/c1-18-22(20-9-3-2-4-10-20)12-6-13-23(18)26-29-28-25(33-26)21-11-5-8-19(16-21)17-30-15-7-14-24(30)27(31)32/h2-6,8-13,16,24H,7,14-15,17H2,1H3,(H,31,32)/t24-/m0/s1. The smallest absolute Gasteiger partial charge is 0.320 e. The van der Waals surface area contributed by atoms with E-state index in [2.05, 4.69) is 35.3 Å². The fourth-order valence-corrected chi connectivity index (χ4v) is 4.58. The third-order valence-electron chi connectivity index (χ3n) is 6.28. The zero-order chi connectivity index (χ0) is 22.8. The Labute approximate surface area is 192 Å². The molecule has 166 valence electrons. The van der Waals surface area contributed by atoms with E-state index in [1.807, 2.05) is 59.5 Å². The fourth-order valence-electron chi connectivity index (χ4n) is 4.58. The van der Waals surface area contributed by atoms with Crippen LogP contribution in [0.25, 0.3) is 34.0 Å². The molecule has 1 saturated heterocycles. The van der Waals surface area contributed by atoms with Crippen molar-refractivity contribution in [2.45, 2.75) is 32.4 Å². The van der Waals surface area contributed by atoms with Crippen LogP contribution in [0.1, 0.15) is 24.0 Å². The van der Waals surface area contributed by atoms with Crippen LogP contribution in [0.2, 0.25) is 0 Å². The van der Waals surface area contributed by atoms with Crippen molar-refractivity contribution in [3.05, 3.63) is 83.9 Å². The molecule has 33 heavy (non-hydrogen) atoms. The highest BCUT2D eigenvalue weighted by Gasteiger charge is 2.30. The Hall–Kier alpha value is -3.77. The minimum absolute atomic E-state index is 0.413. The quantitative estimate of drug-likeness (QED) is 0.432. The number of hydrogen-bond donors (Lipinski definition) is 1. The molecule has 0 amide bonds. The molecule has 1 aliphatic rings. The van der Waals surface area contributed by atoms with Crippen LogP contribution in [-0.2, 0) is 11.3 Å². The van der Waals surface area contributed by atoms with Crippen molar-refractivity contribution in [2.24, 2.45) is 0 Å². The molecule has 0 spiro atoms. The summed E-state index contributed by atoms with van der Waals surface area (Å²) < 4.78 is 6.08. The van der Waals surface area contributed by atoms with Crippen LogP contribution in [0.15, 0.2) is 77.2 Å².